The van der Waals surface area contributed by atoms with E-state index in [2.05, 4.69) is 25.1 Å². The summed E-state index contributed by atoms with van der Waals surface area (Å²) in [5.74, 6) is 0.726. The van der Waals surface area contributed by atoms with E-state index in [-0.39, 0.29) is 0 Å². The second kappa shape index (κ2) is 5.78. The zero-order chi connectivity index (χ0) is 16.5. The Morgan fingerprint density at radius 3 is 2.33 bits per heavy atom. The number of nitrogens with zero attached hydrogens (tertiary/aromatic N) is 2. The Hall–Kier alpha value is -3.20. The molecule has 0 saturated carbocycles. The fourth-order valence-corrected chi connectivity index (χ4v) is 2.86. The summed E-state index contributed by atoms with van der Waals surface area (Å²) in [4.78, 5) is 9.61. The topological polar surface area (TPSA) is 51.8 Å². The van der Waals surface area contributed by atoms with Gasteiger partial charge in [0.2, 0.25) is 0 Å². The molecule has 24 heavy (non-hydrogen) atoms. The van der Waals surface area contributed by atoms with Crippen molar-refractivity contribution in [2.75, 3.05) is 5.73 Å². The van der Waals surface area contributed by atoms with Crippen LogP contribution in [-0.2, 0) is 0 Å². The third-order valence-electron chi connectivity index (χ3n) is 4.04. The van der Waals surface area contributed by atoms with Crippen LogP contribution in [0.2, 0.25) is 0 Å². The van der Waals surface area contributed by atoms with E-state index in [4.69, 9.17) is 15.7 Å². The van der Waals surface area contributed by atoms with E-state index in [1.807, 2.05) is 54.6 Å². The molecule has 3 aromatic carbocycles. The maximum absolute atomic E-state index is 5.98. The summed E-state index contributed by atoms with van der Waals surface area (Å²) in [6, 6.07) is 24.1. The zero-order valence-electron chi connectivity index (χ0n) is 13.4. The van der Waals surface area contributed by atoms with E-state index in [0.29, 0.717) is 0 Å². The molecule has 0 saturated heterocycles. The van der Waals surface area contributed by atoms with Crippen molar-refractivity contribution in [1.29, 1.82) is 0 Å². The van der Waals surface area contributed by atoms with Crippen LogP contribution in [0.25, 0.3) is 33.5 Å². The highest BCUT2D eigenvalue weighted by Gasteiger charge is 2.11. The van der Waals surface area contributed by atoms with Crippen molar-refractivity contribution in [3.8, 4) is 22.6 Å². The molecule has 3 nitrogen and oxygen atoms in total. The minimum atomic E-state index is 0.726. The van der Waals surface area contributed by atoms with E-state index < -0.39 is 0 Å². The lowest BCUT2D eigenvalue weighted by atomic mass is 10.0. The smallest absolute Gasteiger partial charge is 0.160 e. The minimum absolute atomic E-state index is 0.726. The van der Waals surface area contributed by atoms with Gasteiger partial charge in [-0.25, -0.2) is 9.97 Å². The van der Waals surface area contributed by atoms with Gasteiger partial charge in [0.15, 0.2) is 5.82 Å². The molecule has 0 aliphatic heterocycles. The summed E-state index contributed by atoms with van der Waals surface area (Å²) >= 11 is 0. The molecule has 0 spiro atoms. The Labute approximate surface area is 140 Å². The van der Waals surface area contributed by atoms with E-state index in [0.717, 1.165) is 39.2 Å². The van der Waals surface area contributed by atoms with Gasteiger partial charge in [0.25, 0.3) is 0 Å². The summed E-state index contributed by atoms with van der Waals surface area (Å²) in [6.07, 6.45) is 0. The van der Waals surface area contributed by atoms with Crippen molar-refractivity contribution in [2.45, 2.75) is 6.92 Å². The van der Waals surface area contributed by atoms with Gasteiger partial charge in [-0.2, -0.15) is 0 Å². The van der Waals surface area contributed by atoms with E-state index >= 15 is 0 Å². The van der Waals surface area contributed by atoms with Gasteiger partial charge in [0.1, 0.15) is 0 Å². The Balaban J connectivity index is 2.04. The van der Waals surface area contributed by atoms with Gasteiger partial charge in [-0.15, -0.1) is 0 Å². The first-order valence-electron chi connectivity index (χ1n) is 7.90. The normalized spacial score (nSPS) is 10.9. The summed E-state index contributed by atoms with van der Waals surface area (Å²) in [6.45, 7) is 2.08. The van der Waals surface area contributed by atoms with Gasteiger partial charge in [0, 0.05) is 22.2 Å². The number of benzene rings is 3. The molecule has 0 fully saturated rings. The number of nitrogen functional groups attached to an aromatic ring is 1. The minimum Gasteiger partial charge on any atom is -0.399 e. The largest absolute Gasteiger partial charge is 0.399 e. The maximum Gasteiger partial charge on any atom is 0.160 e. The van der Waals surface area contributed by atoms with E-state index in [9.17, 15) is 0 Å². The highest BCUT2D eigenvalue weighted by molar-refractivity contribution is 5.94. The molecule has 0 amide bonds. The molecular weight excluding hydrogens is 294 g/mol. The molecule has 4 aromatic rings. The molecule has 3 heteroatoms. The third kappa shape index (κ3) is 2.61. The van der Waals surface area contributed by atoms with Crippen molar-refractivity contribution in [3.63, 3.8) is 0 Å². The molecule has 0 aliphatic carbocycles. The first kappa shape index (κ1) is 14.4. The molecule has 0 aliphatic rings. The average molecular weight is 311 g/mol. The lowest BCUT2D eigenvalue weighted by Crippen LogP contribution is -1.96. The predicted molar refractivity (Wildman–Crippen MR) is 99.6 cm³/mol. The first-order chi connectivity index (χ1) is 11.7. The number of nitrogens with two attached hydrogens (primary N) is 1. The summed E-state index contributed by atoms with van der Waals surface area (Å²) in [5, 5.41) is 1.04. The summed E-state index contributed by atoms with van der Waals surface area (Å²) in [7, 11) is 0. The van der Waals surface area contributed by atoms with Gasteiger partial charge in [0.05, 0.1) is 11.2 Å². The van der Waals surface area contributed by atoms with Gasteiger partial charge in [-0.3, -0.25) is 0 Å². The van der Waals surface area contributed by atoms with Crippen molar-refractivity contribution < 1.29 is 0 Å². The Morgan fingerprint density at radius 1 is 0.750 bits per heavy atom. The van der Waals surface area contributed by atoms with Crippen LogP contribution in [0.1, 0.15) is 5.56 Å². The van der Waals surface area contributed by atoms with Crippen LogP contribution in [-0.4, -0.2) is 9.97 Å². The Kier molecular flexibility index (Phi) is 3.47. The zero-order valence-corrected chi connectivity index (χ0v) is 13.4. The number of fused-ring (bicyclic) bond motifs is 1. The highest BCUT2D eigenvalue weighted by Crippen LogP contribution is 2.30. The highest BCUT2D eigenvalue weighted by atomic mass is 14.9. The molecule has 0 unspecified atom stereocenters. The fourth-order valence-electron chi connectivity index (χ4n) is 2.86. The first-order valence-corrected chi connectivity index (χ1v) is 7.90. The molecule has 4 rings (SSSR count). The molecule has 116 valence electrons. The second-order valence-electron chi connectivity index (χ2n) is 5.91. The lowest BCUT2D eigenvalue weighted by molar-refractivity contribution is 1.23. The fraction of sp³-hybridized carbons (Fsp3) is 0.0476. The van der Waals surface area contributed by atoms with E-state index in [1.165, 1.54) is 5.56 Å². The van der Waals surface area contributed by atoms with Crippen LogP contribution in [0.15, 0.2) is 72.8 Å². The van der Waals surface area contributed by atoms with Crippen molar-refractivity contribution >= 4 is 16.6 Å². The van der Waals surface area contributed by atoms with Crippen LogP contribution in [0.5, 0.6) is 0 Å². The standard InChI is InChI=1S/C21H17N3/c1-14-10-11-19-18(12-14)20(16-8-5-9-17(22)13-16)24-21(23-19)15-6-3-2-4-7-15/h2-13H,22H2,1H3. The molecule has 1 heterocycles. The average Bonchev–Trinajstić information content (AvgIpc) is 2.61. The maximum atomic E-state index is 5.98. The second-order valence-corrected chi connectivity index (χ2v) is 5.91. The van der Waals surface area contributed by atoms with Gasteiger partial charge >= 0.3 is 0 Å². The number of hydrogen-bond donors (Lipinski definition) is 1. The van der Waals surface area contributed by atoms with Gasteiger partial charge in [-0.05, 0) is 31.2 Å². The Bertz CT molecular complexity index is 1020. The van der Waals surface area contributed by atoms with Crippen molar-refractivity contribution in [3.05, 3.63) is 78.4 Å². The van der Waals surface area contributed by atoms with Crippen molar-refractivity contribution in [2.24, 2.45) is 0 Å². The molecule has 0 bridgehead atoms. The molecule has 1 aromatic heterocycles. The van der Waals surface area contributed by atoms with Crippen LogP contribution < -0.4 is 5.73 Å². The number of rotatable bonds is 2. The molecule has 0 radical (unpaired) electrons. The Morgan fingerprint density at radius 2 is 1.54 bits per heavy atom. The lowest BCUT2D eigenvalue weighted by Gasteiger charge is -2.10. The summed E-state index contributed by atoms with van der Waals surface area (Å²) in [5.41, 5.74) is 11.7. The third-order valence-corrected chi connectivity index (χ3v) is 4.04. The number of hydrogen-bond acceptors (Lipinski definition) is 3. The summed E-state index contributed by atoms with van der Waals surface area (Å²) < 4.78 is 0. The van der Waals surface area contributed by atoms with Crippen LogP contribution in [0.3, 0.4) is 0 Å². The van der Waals surface area contributed by atoms with Crippen LogP contribution >= 0.6 is 0 Å². The number of anilines is 1. The quantitative estimate of drug-likeness (QED) is 0.538. The molecule has 2 N–H and O–H groups in total. The van der Waals surface area contributed by atoms with Crippen LogP contribution in [0, 0.1) is 6.92 Å². The molecule has 0 atom stereocenters. The number of aromatic nitrogens is 2. The van der Waals surface area contributed by atoms with Crippen molar-refractivity contribution in [1.82, 2.24) is 9.97 Å². The van der Waals surface area contributed by atoms with Crippen LogP contribution in [0.4, 0.5) is 5.69 Å². The SMILES string of the molecule is Cc1ccc2nc(-c3ccccc3)nc(-c3cccc(N)c3)c2c1. The predicted octanol–water partition coefficient (Wildman–Crippen LogP) is 4.85. The monoisotopic (exact) mass is 311 g/mol. The van der Waals surface area contributed by atoms with Gasteiger partial charge in [-0.1, -0.05) is 54.1 Å². The van der Waals surface area contributed by atoms with Gasteiger partial charge < -0.3 is 5.73 Å². The van der Waals surface area contributed by atoms with E-state index in [1.54, 1.807) is 0 Å². The number of aryl methyl sites for hydroxylation is 1. The molecular formula is C21H17N3.